The SMILES string of the molecule is C[N+]1=Cn2cc(C(C)(C)C)nc2N2NCCC21.[I-]. The molecule has 2 aliphatic heterocycles. The highest BCUT2D eigenvalue weighted by Gasteiger charge is 2.38. The first-order valence-electron chi connectivity index (χ1n) is 6.16. The Morgan fingerprint density at radius 3 is 2.83 bits per heavy atom. The van der Waals surface area contributed by atoms with Crippen LogP contribution in [0.3, 0.4) is 0 Å². The van der Waals surface area contributed by atoms with E-state index in [2.05, 4.69) is 59.9 Å². The Balaban J connectivity index is 0.00000120. The summed E-state index contributed by atoms with van der Waals surface area (Å²) >= 11 is 0. The Morgan fingerprint density at radius 2 is 2.17 bits per heavy atom. The number of rotatable bonds is 0. The summed E-state index contributed by atoms with van der Waals surface area (Å²) in [5.74, 6) is 1.01. The molecule has 1 unspecified atom stereocenters. The largest absolute Gasteiger partial charge is 1.00 e. The molecule has 2 aliphatic rings. The van der Waals surface area contributed by atoms with E-state index in [1.165, 1.54) is 0 Å². The Bertz CT molecular complexity index is 485. The molecule has 1 aromatic rings. The quantitative estimate of drug-likeness (QED) is 0.419. The van der Waals surface area contributed by atoms with E-state index in [1.807, 2.05) is 0 Å². The molecule has 0 aliphatic carbocycles. The zero-order valence-corrected chi connectivity index (χ0v) is 13.5. The van der Waals surface area contributed by atoms with Gasteiger partial charge in [-0.25, -0.2) is 15.0 Å². The molecule has 5 nitrogen and oxygen atoms in total. The fourth-order valence-corrected chi connectivity index (χ4v) is 2.42. The summed E-state index contributed by atoms with van der Waals surface area (Å²) in [6.07, 6.45) is 5.79. The Morgan fingerprint density at radius 1 is 1.44 bits per heavy atom. The van der Waals surface area contributed by atoms with Crippen LogP contribution in [0, 0.1) is 0 Å². The number of hydrogen-bond acceptors (Lipinski definition) is 3. The normalized spacial score (nSPS) is 22.1. The predicted molar refractivity (Wildman–Crippen MR) is 67.5 cm³/mol. The Labute approximate surface area is 125 Å². The van der Waals surface area contributed by atoms with Crippen molar-refractivity contribution in [2.75, 3.05) is 18.6 Å². The molecule has 6 heteroatoms. The Hall–Kier alpha value is -0.630. The summed E-state index contributed by atoms with van der Waals surface area (Å²) in [7, 11) is 2.12. The molecular formula is C12H20IN5. The van der Waals surface area contributed by atoms with Crippen LogP contribution in [0.15, 0.2) is 6.20 Å². The second-order valence-electron chi connectivity index (χ2n) is 5.91. The van der Waals surface area contributed by atoms with Crippen molar-refractivity contribution in [3.63, 3.8) is 0 Å². The molecule has 1 aromatic heterocycles. The fourth-order valence-electron chi connectivity index (χ4n) is 2.42. The number of halogens is 1. The van der Waals surface area contributed by atoms with E-state index in [-0.39, 0.29) is 29.4 Å². The molecule has 1 N–H and O–H groups in total. The van der Waals surface area contributed by atoms with Gasteiger partial charge in [0.1, 0.15) is 6.20 Å². The lowest BCUT2D eigenvalue weighted by molar-refractivity contribution is -0.535. The first kappa shape index (κ1) is 13.8. The highest BCUT2D eigenvalue weighted by atomic mass is 127. The molecule has 0 aromatic carbocycles. The maximum atomic E-state index is 4.77. The van der Waals surface area contributed by atoms with Gasteiger partial charge < -0.3 is 24.0 Å². The molecule has 100 valence electrons. The second kappa shape index (κ2) is 4.48. The lowest BCUT2D eigenvalue weighted by Crippen LogP contribution is -3.00. The van der Waals surface area contributed by atoms with Crippen LogP contribution in [-0.2, 0) is 5.41 Å². The summed E-state index contributed by atoms with van der Waals surface area (Å²) in [5, 5.41) is 2.18. The summed E-state index contributed by atoms with van der Waals surface area (Å²) in [4.78, 5) is 4.77. The standard InChI is InChI=1S/C12H20N5.HI/c1-12(2,3)9-7-16-8-15(4)10-5-6-13-17(10)11(16)14-9;/h7-8,10,13H,5-6H2,1-4H3;1H/q+1;/p-1. The van der Waals surface area contributed by atoms with Gasteiger partial charge in [-0.2, -0.15) is 9.55 Å². The molecule has 18 heavy (non-hydrogen) atoms. The third-order valence-electron chi connectivity index (χ3n) is 3.46. The molecule has 0 amide bonds. The summed E-state index contributed by atoms with van der Waals surface area (Å²) in [6.45, 7) is 7.60. The molecule has 1 saturated heterocycles. The molecule has 1 atom stereocenters. The van der Waals surface area contributed by atoms with Crippen LogP contribution >= 0.6 is 0 Å². The van der Waals surface area contributed by atoms with Crippen LogP contribution in [0.5, 0.6) is 0 Å². The van der Waals surface area contributed by atoms with Crippen LogP contribution < -0.4 is 34.4 Å². The van der Waals surface area contributed by atoms with E-state index in [1.54, 1.807) is 0 Å². The molecule has 0 bridgehead atoms. The monoisotopic (exact) mass is 361 g/mol. The van der Waals surface area contributed by atoms with Gasteiger partial charge in [0.15, 0.2) is 6.17 Å². The van der Waals surface area contributed by atoms with E-state index in [4.69, 9.17) is 4.98 Å². The minimum atomic E-state index is 0. The van der Waals surface area contributed by atoms with Gasteiger partial charge in [-0.15, -0.1) is 0 Å². The van der Waals surface area contributed by atoms with Crippen molar-refractivity contribution in [2.24, 2.45) is 0 Å². The van der Waals surface area contributed by atoms with Crippen molar-refractivity contribution < 1.29 is 28.6 Å². The molecule has 0 spiro atoms. The van der Waals surface area contributed by atoms with Gasteiger partial charge >= 0.3 is 5.95 Å². The first-order chi connectivity index (χ1) is 7.97. The predicted octanol–water partition coefficient (Wildman–Crippen LogP) is -2.24. The molecule has 3 heterocycles. The van der Waals surface area contributed by atoms with Crippen LogP contribution in [0.2, 0.25) is 0 Å². The van der Waals surface area contributed by atoms with Gasteiger partial charge in [-0.1, -0.05) is 20.8 Å². The molecular weight excluding hydrogens is 341 g/mol. The van der Waals surface area contributed by atoms with Gasteiger partial charge in [0.25, 0.3) is 0 Å². The highest BCUT2D eigenvalue weighted by Crippen LogP contribution is 2.27. The summed E-state index contributed by atoms with van der Waals surface area (Å²) < 4.78 is 4.34. The van der Waals surface area contributed by atoms with E-state index < -0.39 is 0 Å². The third-order valence-corrected chi connectivity index (χ3v) is 3.46. The number of fused-ring (bicyclic) bond motifs is 3. The lowest BCUT2D eigenvalue weighted by atomic mass is 9.93. The Kier molecular flexibility index (Phi) is 3.44. The highest BCUT2D eigenvalue weighted by molar-refractivity contribution is 5.62. The first-order valence-corrected chi connectivity index (χ1v) is 6.16. The molecule has 0 saturated carbocycles. The van der Waals surface area contributed by atoms with Gasteiger partial charge in [-0.05, 0) is 0 Å². The average Bonchev–Trinajstić information content (AvgIpc) is 2.78. The van der Waals surface area contributed by atoms with E-state index >= 15 is 0 Å². The maximum Gasteiger partial charge on any atom is 0.320 e. The number of imidazole rings is 1. The third kappa shape index (κ3) is 2.05. The van der Waals surface area contributed by atoms with Crippen molar-refractivity contribution >= 4 is 12.3 Å². The van der Waals surface area contributed by atoms with Crippen LogP contribution in [-0.4, -0.2) is 40.2 Å². The maximum absolute atomic E-state index is 4.77. The van der Waals surface area contributed by atoms with Crippen LogP contribution in [0.1, 0.15) is 32.9 Å². The molecule has 0 radical (unpaired) electrons. The summed E-state index contributed by atoms with van der Waals surface area (Å²) in [6, 6.07) is 0. The minimum Gasteiger partial charge on any atom is -1.00 e. The number of aromatic nitrogens is 2. The van der Waals surface area contributed by atoms with E-state index in [0.29, 0.717) is 6.17 Å². The van der Waals surface area contributed by atoms with Crippen LogP contribution in [0.4, 0.5) is 5.95 Å². The van der Waals surface area contributed by atoms with E-state index in [0.717, 1.165) is 24.6 Å². The van der Waals surface area contributed by atoms with Crippen molar-refractivity contribution in [1.29, 1.82) is 0 Å². The second-order valence-corrected chi connectivity index (χ2v) is 5.91. The number of anilines is 1. The fraction of sp³-hybridized carbons (Fsp3) is 0.667. The number of nitrogens with zero attached hydrogens (tertiary/aromatic N) is 4. The minimum absolute atomic E-state index is 0. The topological polar surface area (TPSA) is 36.1 Å². The van der Waals surface area contributed by atoms with Crippen molar-refractivity contribution in [2.45, 2.75) is 38.8 Å². The van der Waals surface area contributed by atoms with Crippen molar-refractivity contribution in [1.82, 2.24) is 15.0 Å². The van der Waals surface area contributed by atoms with Crippen molar-refractivity contribution in [3.8, 4) is 0 Å². The lowest BCUT2D eigenvalue weighted by Gasteiger charge is -2.24. The average molecular weight is 361 g/mol. The van der Waals surface area contributed by atoms with Gasteiger partial charge in [0.2, 0.25) is 6.34 Å². The number of nitrogens with one attached hydrogen (secondary N) is 1. The zero-order valence-electron chi connectivity index (χ0n) is 11.3. The van der Waals surface area contributed by atoms with Gasteiger partial charge in [0.05, 0.1) is 12.7 Å². The van der Waals surface area contributed by atoms with Gasteiger partial charge in [0, 0.05) is 18.4 Å². The van der Waals surface area contributed by atoms with Crippen LogP contribution in [0.25, 0.3) is 0 Å². The summed E-state index contributed by atoms with van der Waals surface area (Å²) in [5.41, 5.74) is 4.62. The molecule has 3 rings (SSSR count). The smallest absolute Gasteiger partial charge is 0.320 e. The number of hydrogen-bond donors (Lipinski definition) is 1. The van der Waals surface area contributed by atoms with Crippen molar-refractivity contribution in [3.05, 3.63) is 11.9 Å². The number of hydrazine groups is 1. The molecule has 1 fully saturated rings. The zero-order chi connectivity index (χ0) is 12.2. The van der Waals surface area contributed by atoms with Gasteiger partial charge in [-0.3, -0.25) is 0 Å². The van der Waals surface area contributed by atoms with E-state index in [9.17, 15) is 0 Å².